The molecule has 5 rings (SSSR count). The van der Waals surface area contributed by atoms with Crippen LogP contribution in [0.15, 0.2) is 30.5 Å². The summed E-state index contributed by atoms with van der Waals surface area (Å²) in [6, 6.07) is 7.78. The van der Waals surface area contributed by atoms with Crippen molar-refractivity contribution in [3.05, 3.63) is 36.0 Å². The fourth-order valence-corrected chi connectivity index (χ4v) is 4.85. The standard InChI is InChI=1S/C24H32N6O2/c31-24(19-8-11-23(25-18-19)32-20-6-2-3-7-20)30-16-14-29(15-17-30)22-10-9-21(26-27-22)28-12-4-1-5-13-28/h8-11,18,20H,1-7,12-17H2. The fraction of sp³-hybridized carbons (Fsp3) is 0.583. The van der Waals surface area contributed by atoms with Crippen LogP contribution < -0.4 is 14.5 Å². The average Bonchev–Trinajstić information content (AvgIpc) is 3.38. The van der Waals surface area contributed by atoms with Crippen LogP contribution in [0.4, 0.5) is 11.6 Å². The van der Waals surface area contributed by atoms with E-state index in [2.05, 4.69) is 37.1 Å². The summed E-state index contributed by atoms with van der Waals surface area (Å²) in [5.74, 6) is 2.49. The summed E-state index contributed by atoms with van der Waals surface area (Å²) < 4.78 is 5.91. The summed E-state index contributed by atoms with van der Waals surface area (Å²) >= 11 is 0. The Kier molecular flexibility index (Phi) is 6.36. The number of piperidine rings is 1. The molecule has 0 spiro atoms. The second-order valence-corrected chi connectivity index (χ2v) is 8.99. The highest BCUT2D eigenvalue weighted by Crippen LogP contribution is 2.23. The molecular formula is C24H32N6O2. The number of hydrogen-bond donors (Lipinski definition) is 0. The first-order valence-corrected chi connectivity index (χ1v) is 12.0. The third kappa shape index (κ3) is 4.79. The number of hydrogen-bond acceptors (Lipinski definition) is 7. The Bertz CT molecular complexity index is 884. The van der Waals surface area contributed by atoms with Crippen LogP contribution in [0, 0.1) is 0 Å². The summed E-state index contributed by atoms with van der Waals surface area (Å²) in [4.78, 5) is 23.7. The van der Waals surface area contributed by atoms with Crippen LogP contribution in [-0.2, 0) is 0 Å². The van der Waals surface area contributed by atoms with Gasteiger partial charge in [-0.1, -0.05) is 0 Å². The van der Waals surface area contributed by atoms with Gasteiger partial charge in [-0.2, -0.15) is 0 Å². The van der Waals surface area contributed by atoms with E-state index in [1.807, 2.05) is 17.0 Å². The molecule has 3 aliphatic rings. The molecule has 0 atom stereocenters. The Labute approximate surface area is 189 Å². The third-order valence-corrected chi connectivity index (χ3v) is 6.78. The van der Waals surface area contributed by atoms with Crippen molar-refractivity contribution in [3.8, 4) is 5.88 Å². The minimum atomic E-state index is 0.0242. The molecule has 8 heteroatoms. The third-order valence-electron chi connectivity index (χ3n) is 6.78. The topological polar surface area (TPSA) is 74.7 Å². The molecule has 0 bridgehead atoms. The highest BCUT2D eigenvalue weighted by Gasteiger charge is 2.24. The van der Waals surface area contributed by atoms with Gasteiger partial charge in [0.15, 0.2) is 11.6 Å². The van der Waals surface area contributed by atoms with Crippen molar-refractivity contribution in [2.24, 2.45) is 0 Å². The Hall–Kier alpha value is -2.90. The molecule has 2 aromatic rings. The lowest BCUT2D eigenvalue weighted by Crippen LogP contribution is -2.49. The Morgan fingerprint density at radius 2 is 1.44 bits per heavy atom. The Balaban J connectivity index is 1.13. The van der Waals surface area contributed by atoms with Gasteiger partial charge in [0.05, 0.1) is 5.56 Å². The average molecular weight is 437 g/mol. The van der Waals surface area contributed by atoms with Gasteiger partial charge >= 0.3 is 0 Å². The van der Waals surface area contributed by atoms with Gasteiger partial charge in [0.2, 0.25) is 5.88 Å². The van der Waals surface area contributed by atoms with Gasteiger partial charge < -0.3 is 19.4 Å². The van der Waals surface area contributed by atoms with Crippen LogP contribution in [0.5, 0.6) is 5.88 Å². The molecule has 2 aromatic heterocycles. The van der Waals surface area contributed by atoms with Crippen LogP contribution in [0.3, 0.4) is 0 Å². The second kappa shape index (κ2) is 9.71. The van der Waals surface area contributed by atoms with Crippen molar-refractivity contribution >= 4 is 17.5 Å². The largest absolute Gasteiger partial charge is 0.474 e. The Morgan fingerprint density at radius 1 is 0.781 bits per heavy atom. The lowest BCUT2D eigenvalue weighted by atomic mass is 10.1. The zero-order chi connectivity index (χ0) is 21.8. The van der Waals surface area contributed by atoms with Gasteiger partial charge in [-0.25, -0.2) is 4.98 Å². The smallest absolute Gasteiger partial charge is 0.255 e. The van der Waals surface area contributed by atoms with E-state index in [4.69, 9.17) is 4.74 Å². The molecule has 0 aromatic carbocycles. The van der Waals surface area contributed by atoms with Crippen LogP contribution in [0.1, 0.15) is 55.3 Å². The lowest BCUT2D eigenvalue weighted by molar-refractivity contribution is 0.0746. The van der Waals surface area contributed by atoms with E-state index in [1.54, 1.807) is 6.20 Å². The van der Waals surface area contributed by atoms with E-state index in [0.29, 0.717) is 24.5 Å². The van der Waals surface area contributed by atoms with Gasteiger partial charge in [0.1, 0.15) is 6.10 Å². The molecular weight excluding hydrogens is 404 g/mol. The SMILES string of the molecule is O=C(c1ccc(OC2CCCC2)nc1)N1CCN(c2ccc(N3CCCCC3)nn2)CC1. The van der Waals surface area contributed by atoms with Crippen molar-refractivity contribution in [3.63, 3.8) is 0 Å². The summed E-state index contributed by atoms with van der Waals surface area (Å²) in [6.45, 7) is 4.96. The number of aromatic nitrogens is 3. The molecule has 32 heavy (non-hydrogen) atoms. The van der Waals surface area contributed by atoms with E-state index < -0.39 is 0 Å². The van der Waals surface area contributed by atoms with Crippen LogP contribution in [0.2, 0.25) is 0 Å². The zero-order valence-corrected chi connectivity index (χ0v) is 18.7. The molecule has 0 unspecified atom stereocenters. The maximum atomic E-state index is 12.9. The van der Waals surface area contributed by atoms with E-state index in [-0.39, 0.29) is 12.0 Å². The van der Waals surface area contributed by atoms with Gasteiger partial charge in [-0.15, -0.1) is 10.2 Å². The molecule has 0 N–H and O–H groups in total. The number of amides is 1. The van der Waals surface area contributed by atoms with E-state index in [9.17, 15) is 4.79 Å². The summed E-state index contributed by atoms with van der Waals surface area (Å²) in [6.07, 6.45) is 10.3. The predicted molar refractivity (Wildman–Crippen MR) is 123 cm³/mol. The van der Waals surface area contributed by atoms with Crippen molar-refractivity contribution < 1.29 is 9.53 Å². The first kappa shape index (κ1) is 21.0. The number of carbonyl (C=O) groups is 1. The number of carbonyl (C=O) groups excluding carboxylic acids is 1. The molecule has 4 heterocycles. The molecule has 0 radical (unpaired) electrons. The first-order valence-electron chi connectivity index (χ1n) is 12.0. The molecule has 2 saturated heterocycles. The lowest BCUT2D eigenvalue weighted by Gasteiger charge is -2.35. The van der Waals surface area contributed by atoms with Gasteiger partial charge in [0, 0.05) is 51.5 Å². The highest BCUT2D eigenvalue weighted by molar-refractivity contribution is 5.94. The van der Waals surface area contributed by atoms with Crippen LogP contribution in [-0.4, -0.2) is 71.4 Å². The van der Waals surface area contributed by atoms with Crippen molar-refractivity contribution in [1.82, 2.24) is 20.1 Å². The normalized spacial score (nSPS) is 19.9. The molecule has 1 aliphatic carbocycles. The number of pyridine rings is 1. The summed E-state index contributed by atoms with van der Waals surface area (Å²) in [7, 11) is 0. The summed E-state index contributed by atoms with van der Waals surface area (Å²) in [5.41, 5.74) is 0.614. The minimum absolute atomic E-state index is 0.0242. The van der Waals surface area contributed by atoms with E-state index in [1.165, 1.54) is 32.1 Å². The zero-order valence-electron chi connectivity index (χ0n) is 18.7. The van der Waals surface area contributed by atoms with E-state index >= 15 is 0 Å². The van der Waals surface area contributed by atoms with Gasteiger partial charge in [0.25, 0.3) is 5.91 Å². The maximum absolute atomic E-state index is 12.9. The van der Waals surface area contributed by atoms with Crippen molar-refractivity contribution in [2.45, 2.75) is 51.0 Å². The van der Waals surface area contributed by atoms with Crippen LogP contribution in [0.25, 0.3) is 0 Å². The molecule has 1 amide bonds. The molecule has 3 fully saturated rings. The summed E-state index contributed by atoms with van der Waals surface area (Å²) in [5, 5.41) is 8.92. The molecule has 170 valence electrons. The maximum Gasteiger partial charge on any atom is 0.255 e. The number of ether oxygens (including phenoxy) is 1. The fourth-order valence-electron chi connectivity index (χ4n) is 4.85. The van der Waals surface area contributed by atoms with Crippen LogP contribution >= 0.6 is 0 Å². The quantitative estimate of drug-likeness (QED) is 0.713. The number of piperazine rings is 1. The van der Waals surface area contributed by atoms with Gasteiger partial charge in [-0.3, -0.25) is 4.79 Å². The van der Waals surface area contributed by atoms with E-state index in [0.717, 1.165) is 50.7 Å². The second-order valence-electron chi connectivity index (χ2n) is 8.99. The minimum Gasteiger partial charge on any atom is -0.474 e. The molecule has 8 nitrogen and oxygen atoms in total. The van der Waals surface area contributed by atoms with Crippen molar-refractivity contribution in [2.75, 3.05) is 49.1 Å². The molecule has 1 saturated carbocycles. The van der Waals surface area contributed by atoms with Gasteiger partial charge in [-0.05, 0) is 63.1 Å². The number of nitrogens with zero attached hydrogens (tertiary/aromatic N) is 6. The molecule has 2 aliphatic heterocycles. The number of rotatable bonds is 5. The highest BCUT2D eigenvalue weighted by atomic mass is 16.5. The monoisotopic (exact) mass is 436 g/mol. The predicted octanol–water partition coefficient (Wildman–Crippen LogP) is 3.15. The first-order chi connectivity index (χ1) is 15.8. The number of anilines is 2. The van der Waals surface area contributed by atoms with Crippen molar-refractivity contribution in [1.29, 1.82) is 0 Å². The Morgan fingerprint density at radius 3 is 2.03 bits per heavy atom.